The van der Waals surface area contributed by atoms with E-state index in [9.17, 15) is 4.79 Å². The predicted octanol–water partition coefficient (Wildman–Crippen LogP) is 2.49. The maximum absolute atomic E-state index is 11.9. The first kappa shape index (κ1) is 23.7. The molecule has 0 saturated carbocycles. The van der Waals surface area contributed by atoms with Gasteiger partial charge in [0.1, 0.15) is 0 Å². The van der Waals surface area contributed by atoms with Gasteiger partial charge in [-0.05, 0) is 25.8 Å². The van der Waals surface area contributed by atoms with E-state index in [1.807, 2.05) is 32.0 Å². The number of aliphatic imine (C=N–C) groups is 1. The Kier molecular flexibility index (Phi) is 10.1. The van der Waals surface area contributed by atoms with E-state index in [1.165, 1.54) is 5.56 Å². The van der Waals surface area contributed by atoms with Gasteiger partial charge in [0.15, 0.2) is 5.96 Å². The highest BCUT2D eigenvalue weighted by Gasteiger charge is 2.29. The standard InChI is InChI=1S/C20H32N4O2.HI/c1-20(2,18(25)21-3)15-23-19(22-4)24-11-10-17(12-24)14-26-13-16-8-6-5-7-9-16;/h5-9,17H,10-15H2,1-4H3,(H,21,25)(H,22,23);1H. The molecule has 1 aromatic carbocycles. The molecule has 1 aliphatic rings. The summed E-state index contributed by atoms with van der Waals surface area (Å²) >= 11 is 0. The lowest BCUT2D eigenvalue weighted by atomic mass is 9.92. The smallest absolute Gasteiger partial charge is 0.227 e. The molecule has 1 unspecified atom stereocenters. The summed E-state index contributed by atoms with van der Waals surface area (Å²) in [5.74, 6) is 1.38. The number of nitrogens with zero attached hydrogens (tertiary/aromatic N) is 2. The van der Waals surface area contributed by atoms with Gasteiger partial charge < -0.3 is 20.3 Å². The number of guanidine groups is 1. The molecule has 1 atom stereocenters. The molecule has 6 nitrogen and oxygen atoms in total. The van der Waals surface area contributed by atoms with Crippen LogP contribution in [0.4, 0.5) is 0 Å². The fourth-order valence-corrected chi connectivity index (χ4v) is 3.13. The van der Waals surface area contributed by atoms with Crippen molar-refractivity contribution >= 4 is 35.8 Å². The molecule has 152 valence electrons. The monoisotopic (exact) mass is 488 g/mol. The summed E-state index contributed by atoms with van der Waals surface area (Å²) in [6, 6.07) is 10.3. The van der Waals surface area contributed by atoms with Crippen LogP contribution in [0.15, 0.2) is 35.3 Å². The van der Waals surface area contributed by atoms with E-state index in [-0.39, 0.29) is 29.9 Å². The number of amides is 1. The average Bonchev–Trinajstić information content (AvgIpc) is 3.11. The fourth-order valence-electron chi connectivity index (χ4n) is 3.13. The Labute approximate surface area is 180 Å². The van der Waals surface area contributed by atoms with Crippen LogP contribution in [0, 0.1) is 11.3 Å². The minimum absolute atomic E-state index is 0. The maximum atomic E-state index is 11.9. The van der Waals surface area contributed by atoms with Crippen LogP contribution in [0.3, 0.4) is 0 Å². The summed E-state index contributed by atoms with van der Waals surface area (Å²) in [5.41, 5.74) is 0.721. The number of ether oxygens (including phenoxy) is 1. The molecule has 0 bridgehead atoms. The molecule has 27 heavy (non-hydrogen) atoms. The molecule has 1 aromatic rings. The predicted molar refractivity (Wildman–Crippen MR) is 120 cm³/mol. The molecule has 2 N–H and O–H groups in total. The Balaban J connectivity index is 0.00000364. The summed E-state index contributed by atoms with van der Waals surface area (Å²) in [6.07, 6.45) is 1.09. The number of nitrogens with one attached hydrogen (secondary N) is 2. The van der Waals surface area contributed by atoms with Crippen LogP contribution in [0.5, 0.6) is 0 Å². The van der Waals surface area contributed by atoms with Crippen molar-refractivity contribution < 1.29 is 9.53 Å². The van der Waals surface area contributed by atoms with Crippen LogP contribution in [-0.4, -0.2) is 57.1 Å². The van der Waals surface area contributed by atoms with Gasteiger partial charge >= 0.3 is 0 Å². The second-order valence-electron chi connectivity index (χ2n) is 7.47. The largest absolute Gasteiger partial charge is 0.376 e. The van der Waals surface area contributed by atoms with Crippen molar-refractivity contribution in [1.29, 1.82) is 0 Å². The van der Waals surface area contributed by atoms with E-state index in [0.717, 1.165) is 32.1 Å². The van der Waals surface area contributed by atoms with Crippen LogP contribution in [0.1, 0.15) is 25.8 Å². The van der Waals surface area contributed by atoms with Crippen LogP contribution in [0.2, 0.25) is 0 Å². The van der Waals surface area contributed by atoms with Crippen LogP contribution in [-0.2, 0) is 16.1 Å². The van der Waals surface area contributed by atoms with Crippen molar-refractivity contribution in [2.24, 2.45) is 16.3 Å². The van der Waals surface area contributed by atoms with Crippen molar-refractivity contribution in [2.75, 3.05) is 40.3 Å². The molecule has 0 spiro atoms. The number of halogens is 1. The van der Waals surface area contributed by atoms with E-state index in [2.05, 4.69) is 32.7 Å². The van der Waals surface area contributed by atoms with Gasteiger partial charge in [0, 0.05) is 39.6 Å². The molecule has 1 saturated heterocycles. The van der Waals surface area contributed by atoms with E-state index < -0.39 is 5.41 Å². The molecule has 7 heteroatoms. The second-order valence-corrected chi connectivity index (χ2v) is 7.47. The molecular formula is C20H33IN4O2. The van der Waals surface area contributed by atoms with Crippen molar-refractivity contribution in [1.82, 2.24) is 15.5 Å². The third kappa shape index (κ3) is 7.29. The lowest BCUT2D eigenvalue weighted by Gasteiger charge is -2.27. The van der Waals surface area contributed by atoms with Crippen molar-refractivity contribution in [3.05, 3.63) is 35.9 Å². The van der Waals surface area contributed by atoms with Gasteiger partial charge in [-0.15, -0.1) is 24.0 Å². The highest BCUT2D eigenvalue weighted by Crippen LogP contribution is 2.18. The number of rotatable bonds is 7. The van der Waals surface area contributed by atoms with Gasteiger partial charge in [0.25, 0.3) is 0 Å². The summed E-state index contributed by atoms with van der Waals surface area (Å²) < 4.78 is 5.89. The summed E-state index contributed by atoms with van der Waals surface area (Å²) in [6.45, 7) is 7.70. The van der Waals surface area contributed by atoms with Crippen LogP contribution >= 0.6 is 24.0 Å². The Morgan fingerprint density at radius 2 is 2.04 bits per heavy atom. The Hall–Kier alpha value is -1.35. The zero-order valence-corrected chi connectivity index (χ0v) is 19.2. The first-order valence-corrected chi connectivity index (χ1v) is 9.25. The molecule has 1 aliphatic heterocycles. The van der Waals surface area contributed by atoms with Crippen molar-refractivity contribution in [3.63, 3.8) is 0 Å². The minimum atomic E-state index is -0.484. The Morgan fingerprint density at radius 1 is 1.33 bits per heavy atom. The number of hydrogen-bond acceptors (Lipinski definition) is 3. The average molecular weight is 488 g/mol. The van der Waals surface area contributed by atoms with Gasteiger partial charge in [0.05, 0.1) is 18.6 Å². The minimum Gasteiger partial charge on any atom is -0.376 e. The molecule has 1 fully saturated rings. The number of carbonyl (C=O) groups is 1. The third-order valence-corrected chi connectivity index (χ3v) is 4.79. The summed E-state index contributed by atoms with van der Waals surface area (Å²) in [4.78, 5) is 18.5. The molecule has 1 amide bonds. The summed E-state index contributed by atoms with van der Waals surface area (Å²) in [7, 11) is 3.45. The van der Waals surface area contributed by atoms with Crippen LogP contribution in [0.25, 0.3) is 0 Å². The SMILES string of the molecule is CN=C(NCC(C)(C)C(=O)NC)N1CCC(COCc2ccccc2)C1.I. The number of hydrogen-bond donors (Lipinski definition) is 2. The van der Waals surface area contributed by atoms with Gasteiger partial charge in [-0.2, -0.15) is 0 Å². The van der Waals surface area contributed by atoms with E-state index in [0.29, 0.717) is 19.1 Å². The molecule has 0 aliphatic carbocycles. The molecule has 2 rings (SSSR count). The highest BCUT2D eigenvalue weighted by atomic mass is 127. The second kappa shape index (κ2) is 11.5. The molecule has 0 aromatic heterocycles. The van der Waals surface area contributed by atoms with Gasteiger partial charge in [0.2, 0.25) is 5.91 Å². The van der Waals surface area contributed by atoms with E-state index in [4.69, 9.17) is 4.74 Å². The maximum Gasteiger partial charge on any atom is 0.227 e. The van der Waals surface area contributed by atoms with Gasteiger partial charge in [-0.1, -0.05) is 30.3 Å². The van der Waals surface area contributed by atoms with Gasteiger partial charge in [-0.25, -0.2) is 0 Å². The fraction of sp³-hybridized carbons (Fsp3) is 0.600. The Bertz CT molecular complexity index is 607. The zero-order valence-electron chi connectivity index (χ0n) is 16.8. The lowest BCUT2D eigenvalue weighted by molar-refractivity contribution is -0.128. The van der Waals surface area contributed by atoms with Crippen molar-refractivity contribution in [2.45, 2.75) is 26.9 Å². The molecular weight excluding hydrogens is 455 g/mol. The molecule has 0 radical (unpaired) electrons. The highest BCUT2D eigenvalue weighted by molar-refractivity contribution is 14.0. The quantitative estimate of drug-likeness (QED) is 0.352. The molecule has 1 heterocycles. The first-order chi connectivity index (χ1) is 12.5. The third-order valence-electron chi connectivity index (χ3n) is 4.79. The van der Waals surface area contributed by atoms with Crippen molar-refractivity contribution in [3.8, 4) is 0 Å². The van der Waals surface area contributed by atoms with E-state index in [1.54, 1.807) is 14.1 Å². The topological polar surface area (TPSA) is 66.0 Å². The Morgan fingerprint density at radius 3 is 2.67 bits per heavy atom. The van der Waals surface area contributed by atoms with Crippen LogP contribution < -0.4 is 10.6 Å². The lowest BCUT2D eigenvalue weighted by Crippen LogP contribution is -2.48. The van der Waals surface area contributed by atoms with Gasteiger partial charge in [-0.3, -0.25) is 9.79 Å². The van der Waals surface area contributed by atoms with E-state index >= 15 is 0 Å². The number of carbonyl (C=O) groups excluding carboxylic acids is 1. The zero-order chi connectivity index (χ0) is 19.0. The first-order valence-electron chi connectivity index (χ1n) is 9.25. The summed E-state index contributed by atoms with van der Waals surface area (Å²) in [5, 5.41) is 6.05. The number of likely N-dealkylation sites (tertiary alicyclic amines) is 1. The number of benzene rings is 1. The normalized spacial score (nSPS) is 17.4.